The van der Waals surface area contributed by atoms with Crippen molar-refractivity contribution in [2.24, 2.45) is 0 Å². The second-order valence-corrected chi connectivity index (χ2v) is 6.10. The molecule has 6 heteroatoms. The second kappa shape index (κ2) is 6.47. The molecule has 0 fully saturated rings. The molecular formula is C18H20FN3O2. The molecule has 2 heterocycles. The van der Waals surface area contributed by atoms with Gasteiger partial charge in [-0.2, -0.15) is 0 Å². The number of carbonyl (C=O) groups excluding carboxylic acids is 2. The summed E-state index contributed by atoms with van der Waals surface area (Å²) < 4.78 is 13.0. The molecule has 0 saturated heterocycles. The first-order chi connectivity index (χ1) is 11.5. The minimum atomic E-state index is -0.311. The lowest BCUT2D eigenvalue weighted by Crippen LogP contribution is -2.51. The van der Waals surface area contributed by atoms with E-state index in [0.717, 1.165) is 17.6 Å². The van der Waals surface area contributed by atoms with Crippen LogP contribution in [0.2, 0.25) is 0 Å². The van der Waals surface area contributed by atoms with Crippen LogP contribution in [0.25, 0.3) is 5.57 Å². The molecule has 2 aliphatic heterocycles. The van der Waals surface area contributed by atoms with Crippen molar-refractivity contribution in [1.29, 1.82) is 0 Å². The average molecular weight is 329 g/mol. The number of carbonyl (C=O) groups is 2. The molecule has 126 valence electrons. The summed E-state index contributed by atoms with van der Waals surface area (Å²) in [5.74, 6) is -0.322. The summed E-state index contributed by atoms with van der Waals surface area (Å²) in [6, 6.07) is 5.81. The number of nitrogens with one attached hydrogen (secondary N) is 2. The highest BCUT2D eigenvalue weighted by Crippen LogP contribution is 2.24. The van der Waals surface area contributed by atoms with E-state index in [0.29, 0.717) is 24.4 Å². The van der Waals surface area contributed by atoms with Crippen molar-refractivity contribution in [3.63, 3.8) is 0 Å². The van der Waals surface area contributed by atoms with Gasteiger partial charge >= 0.3 is 6.03 Å². The molecule has 3 rings (SSSR count). The van der Waals surface area contributed by atoms with Gasteiger partial charge in [0, 0.05) is 18.8 Å². The summed E-state index contributed by atoms with van der Waals surface area (Å²) in [4.78, 5) is 26.0. The number of hydrogen-bond donors (Lipinski definition) is 2. The van der Waals surface area contributed by atoms with E-state index in [1.807, 2.05) is 6.08 Å². The SMILES string of the molecule is CC1=C(C(=O)N2CC=C(c3ccc(F)cc3)CC2)[C@H](C)NC(=O)N1. The molecule has 1 aromatic carbocycles. The standard InChI is InChI=1S/C18H20FN3O2/c1-11-16(12(2)21-18(24)20-11)17(23)22-9-7-14(8-10-22)13-3-5-15(19)6-4-13/h3-7,11H,8-10H2,1-2H3,(H2,20,21,24)/t11-/m0/s1. The van der Waals surface area contributed by atoms with Gasteiger partial charge in [0.1, 0.15) is 5.82 Å². The van der Waals surface area contributed by atoms with Crippen molar-refractivity contribution in [2.75, 3.05) is 13.1 Å². The maximum atomic E-state index is 13.0. The molecular weight excluding hydrogens is 309 g/mol. The predicted octanol–water partition coefficient (Wildman–Crippen LogP) is 2.42. The largest absolute Gasteiger partial charge is 0.335 e. The molecule has 1 atom stereocenters. The Balaban J connectivity index is 1.74. The first kappa shape index (κ1) is 16.2. The number of nitrogens with zero attached hydrogens (tertiary/aromatic N) is 1. The molecule has 2 N–H and O–H groups in total. The monoisotopic (exact) mass is 329 g/mol. The summed E-state index contributed by atoms with van der Waals surface area (Å²) in [5, 5.41) is 5.36. The number of rotatable bonds is 2. The van der Waals surface area contributed by atoms with Crippen LogP contribution in [0.1, 0.15) is 25.8 Å². The molecule has 0 radical (unpaired) electrons. The zero-order valence-corrected chi connectivity index (χ0v) is 13.7. The van der Waals surface area contributed by atoms with Gasteiger partial charge in [-0.15, -0.1) is 0 Å². The Hall–Kier alpha value is -2.63. The van der Waals surface area contributed by atoms with Crippen LogP contribution in [-0.4, -0.2) is 36.0 Å². The molecule has 0 bridgehead atoms. The number of benzene rings is 1. The number of halogens is 1. The van der Waals surface area contributed by atoms with E-state index in [1.54, 1.807) is 30.9 Å². The lowest BCUT2D eigenvalue weighted by atomic mass is 9.97. The van der Waals surface area contributed by atoms with Crippen LogP contribution < -0.4 is 10.6 Å². The van der Waals surface area contributed by atoms with Crippen LogP contribution in [0.5, 0.6) is 0 Å². The van der Waals surface area contributed by atoms with Gasteiger partial charge in [-0.3, -0.25) is 4.79 Å². The highest BCUT2D eigenvalue weighted by Gasteiger charge is 2.30. The third kappa shape index (κ3) is 3.18. The average Bonchev–Trinajstić information content (AvgIpc) is 2.54. The molecule has 0 unspecified atom stereocenters. The summed E-state index contributed by atoms with van der Waals surface area (Å²) in [6.45, 7) is 4.65. The third-order valence-corrected chi connectivity index (χ3v) is 4.43. The highest BCUT2D eigenvalue weighted by atomic mass is 19.1. The lowest BCUT2D eigenvalue weighted by molar-refractivity contribution is -0.127. The van der Waals surface area contributed by atoms with Gasteiger partial charge < -0.3 is 15.5 Å². The van der Waals surface area contributed by atoms with Crippen LogP contribution >= 0.6 is 0 Å². The Morgan fingerprint density at radius 1 is 1.29 bits per heavy atom. The molecule has 24 heavy (non-hydrogen) atoms. The summed E-state index contributed by atoms with van der Waals surface area (Å²) in [6.07, 6.45) is 2.72. The van der Waals surface area contributed by atoms with Gasteiger partial charge in [0.05, 0.1) is 11.6 Å². The minimum Gasteiger partial charge on any atom is -0.335 e. The Kier molecular flexibility index (Phi) is 4.38. The topological polar surface area (TPSA) is 61.4 Å². The van der Waals surface area contributed by atoms with Crippen molar-refractivity contribution in [2.45, 2.75) is 26.3 Å². The fraction of sp³-hybridized carbons (Fsp3) is 0.333. The van der Waals surface area contributed by atoms with Gasteiger partial charge in [0.25, 0.3) is 5.91 Å². The first-order valence-corrected chi connectivity index (χ1v) is 7.98. The zero-order valence-electron chi connectivity index (χ0n) is 13.7. The fourth-order valence-corrected chi connectivity index (χ4v) is 3.16. The maximum Gasteiger partial charge on any atom is 0.319 e. The van der Waals surface area contributed by atoms with E-state index in [9.17, 15) is 14.0 Å². The zero-order chi connectivity index (χ0) is 17.3. The van der Waals surface area contributed by atoms with Gasteiger partial charge in [0.2, 0.25) is 0 Å². The number of urea groups is 1. The van der Waals surface area contributed by atoms with Gasteiger partial charge in [-0.05, 0) is 43.5 Å². The molecule has 1 aromatic rings. The van der Waals surface area contributed by atoms with Crippen LogP contribution in [0, 0.1) is 5.82 Å². The molecule has 2 aliphatic rings. The van der Waals surface area contributed by atoms with Gasteiger partial charge in [0.15, 0.2) is 0 Å². The van der Waals surface area contributed by atoms with Crippen LogP contribution in [0.15, 0.2) is 41.6 Å². The maximum absolute atomic E-state index is 13.0. The summed E-state index contributed by atoms with van der Waals surface area (Å²) >= 11 is 0. The fourth-order valence-electron chi connectivity index (χ4n) is 3.16. The smallest absolute Gasteiger partial charge is 0.319 e. The Bertz CT molecular complexity index is 737. The van der Waals surface area contributed by atoms with E-state index in [1.165, 1.54) is 12.1 Å². The van der Waals surface area contributed by atoms with Crippen molar-refractivity contribution < 1.29 is 14.0 Å². The number of allylic oxidation sites excluding steroid dienone is 1. The van der Waals surface area contributed by atoms with Crippen molar-refractivity contribution in [3.05, 3.63) is 53.0 Å². The molecule has 0 saturated carbocycles. The van der Waals surface area contributed by atoms with Crippen LogP contribution in [0.4, 0.5) is 9.18 Å². The third-order valence-electron chi connectivity index (χ3n) is 4.43. The minimum absolute atomic E-state index is 0.0677. The van der Waals surface area contributed by atoms with Crippen molar-refractivity contribution >= 4 is 17.5 Å². The van der Waals surface area contributed by atoms with Gasteiger partial charge in [-0.1, -0.05) is 18.2 Å². The second-order valence-electron chi connectivity index (χ2n) is 6.10. The van der Waals surface area contributed by atoms with E-state index in [2.05, 4.69) is 10.6 Å². The Morgan fingerprint density at radius 2 is 2.00 bits per heavy atom. The first-order valence-electron chi connectivity index (χ1n) is 7.98. The highest BCUT2D eigenvalue weighted by molar-refractivity contribution is 5.98. The summed E-state index contributed by atoms with van der Waals surface area (Å²) in [5.41, 5.74) is 3.30. The molecule has 5 nitrogen and oxygen atoms in total. The Morgan fingerprint density at radius 3 is 2.58 bits per heavy atom. The van der Waals surface area contributed by atoms with Crippen LogP contribution in [-0.2, 0) is 4.79 Å². The molecule has 3 amide bonds. The van der Waals surface area contributed by atoms with E-state index in [4.69, 9.17) is 0 Å². The summed E-state index contributed by atoms with van der Waals surface area (Å²) in [7, 11) is 0. The normalized spacial score (nSPS) is 21.1. The number of hydrogen-bond acceptors (Lipinski definition) is 2. The van der Waals surface area contributed by atoms with E-state index in [-0.39, 0.29) is 23.8 Å². The van der Waals surface area contributed by atoms with Gasteiger partial charge in [-0.25, -0.2) is 9.18 Å². The predicted molar refractivity (Wildman–Crippen MR) is 89.4 cm³/mol. The molecule has 0 aromatic heterocycles. The van der Waals surface area contributed by atoms with Crippen LogP contribution in [0.3, 0.4) is 0 Å². The van der Waals surface area contributed by atoms with Crippen molar-refractivity contribution in [3.8, 4) is 0 Å². The molecule has 0 aliphatic carbocycles. The number of amides is 3. The molecule has 0 spiro atoms. The quantitative estimate of drug-likeness (QED) is 0.875. The van der Waals surface area contributed by atoms with E-state index >= 15 is 0 Å². The van der Waals surface area contributed by atoms with Crippen molar-refractivity contribution in [1.82, 2.24) is 15.5 Å². The van der Waals surface area contributed by atoms with E-state index < -0.39 is 0 Å². The lowest BCUT2D eigenvalue weighted by Gasteiger charge is -2.32. The Labute approximate surface area is 140 Å².